The van der Waals surface area contributed by atoms with E-state index in [2.05, 4.69) is 77.3 Å². The van der Waals surface area contributed by atoms with Gasteiger partial charge in [0.2, 0.25) is 0 Å². The Balaban J connectivity index is 1.50. The van der Waals surface area contributed by atoms with Crippen LogP contribution in [0.5, 0.6) is 0 Å². The van der Waals surface area contributed by atoms with Crippen LogP contribution in [0.3, 0.4) is 0 Å². The van der Waals surface area contributed by atoms with Crippen molar-refractivity contribution in [3.63, 3.8) is 0 Å². The highest BCUT2D eigenvalue weighted by molar-refractivity contribution is 5.97. The predicted octanol–water partition coefficient (Wildman–Crippen LogP) is 5.82. The standard InChI is InChI=1S/C28H26N6/c1-18-19(2)32(22-13-14-22)28-26(31(18)4)15-16-27(30-28)33-20(3)24-7-5-6-8-25(24)34(33)23-11-9-21(17-29)10-12-23/h5-12,15-16,19,22H,1,3,13-14H2,2,4H3. The zero-order valence-corrected chi connectivity index (χ0v) is 19.4. The van der Waals surface area contributed by atoms with Gasteiger partial charge in [0, 0.05) is 24.4 Å². The Labute approximate surface area is 200 Å². The number of rotatable bonds is 3. The molecule has 1 saturated carbocycles. The lowest BCUT2D eigenvalue weighted by Crippen LogP contribution is -2.46. The second-order valence-corrected chi connectivity index (χ2v) is 9.12. The number of aromatic nitrogens is 1. The number of fused-ring (bicyclic) bond motifs is 2. The van der Waals surface area contributed by atoms with E-state index in [0.29, 0.717) is 11.6 Å². The Morgan fingerprint density at radius 1 is 0.941 bits per heavy atom. The fourth-order valence-electron chi connectivity index (χ4n) is 5.04. The van der Waals surface area contributed by atoms with Gasteiger partial charge in [-0.2, -0.15) is 5.26 Å². The van der Waals surface area contributed by atoms with Crippen LogP contribution in [0, 0.1) is 11.3 Å². The minimum absolute atomic E-state index is 0.196. The van der Waals surface area contributed by atoms with Crippen LogP contribution in [0.25, 0.3) is 5.70 Å². The maximum absolute atomic E-state index is 9.26. The van der Waals surface area contributed by atoms with Crippen LogP contribution in [0.15, 0.2) is 79.5 Å². The highest BCUT2D eigenvalue weighted by Gasteiger charge is 2.41. The number of para-hydroxylation sites is 1. The summed E-state index contributed by atoms with van der Waals surface area (Å²) in [4.78, 5) is 9.81. The molecule has 6 rings (SSSR count). The molecule has 1 unspecified atom stereocenters. The zero-order valence-electron chi connectivity index (χ0n) is 19.4. The Hall–Kier alpha value is -4.24. The van der Waals surface area contributed by atoms with Crippen LogP contribution >= 0.6 is 0 Å². The molecule has 1 atom stereocenters. The minimum Gasteiger partial charge on any atom is -0.344 e. The van der Waals surface area contributed by atoms with Crippen molar-refractivity contribution in [3.8, 4) is 6.07 Å². The summed E-state index contributed by atoms with van der Waals surface area (Å²) in [7, 11) is 2.07. The number of hydrogen-bond acceptors (Lipinski definition) is 6. The zero-order chi connectivity index (χ0) is 23.6. The summed E-state index contributed by atoms with van der Waals surface area (Å²) in [5, 5.41) is 13.5. The van der Waals surface area contributed by atoms with Crippen molar-refractivity contribution in [3.05, 3.63) is 90.6 Å². The average molecular weight is 447 g/mol. The molecule has 3 aliphatic rings. The van der Waals surface area contributed by atoms with E-state index < -0.39 is 0 Å². The van der Waals surface area contributed by atoms with Gasteiger partial charge >= 0.3 is 0 Å². The van der Waals surface area contributed by atoms with Crippen LogP contribution in [-0.4, -0.2) is 24.1 Å². The molecular weight excluding hydrogens is 420 g/mol. The van der Waals surface area contributed by atoms with Crippen molar-refractivity contribution < 1.29 is 0 Å². The van der Waals surface area contributed by atoms with Crippen LogP contribution in [0.4, 0.5) is 28.7 Å². The molecule has 6 nitrogen and oxygen atoms in total. The van der Waals surface area contributed by atoms with Gasteiger partial charge in [-0.1, -0.05) is 31.4 Å². The Morgan fingerprint density at radius 2 is 1.68 bits per heavy atom. The summed E-state index contributed by atoms with van der Waals surface area (Å²) >= 11 is 0. The number of benzene rings is 2. The topological polar surface area (TPSA) is 49.6 Å². The van der Waals surface area contributed by atoms with Crippen LogP contribution in [-0.2, 0) is 0 Å². The molecule has 2 aromatic carbocycles. The molecule has 3 heterocycles. The minimum atomic E-state index is 0.196. The van der Waals surface area contributed by atoms with E-state index in [9.17, 15) is 5.26 Å². The molecule has 0 N–H and O–H groups in total. The molecule has 1 aromatic heterocycles. The highest BCUT2D eigenvalue weighted by atomic mass is 15.7. The second kappa shape index (κ2) is 7.39. The summed E-state index contributed by atoms with van der Waals surface area (Å²) in [5.74, 6) is 1.80. The molecule has 168 valence electrons. The van der Waals surface area contributed by atoms with Crippen molar-refractivity contribution in [2.24, 2.45) is 0 Å². The van der Waals surface area contributed by atoms with Gasteiger partial charge in [-0.25, -0.2) is 15.0 Å². The molecule has 3 aromatic rings. The second-order valence-electron chi connectivity index (χ2n) is 9.12. The third-order valence-electron chi connectivity index (χ3n) is 7.07. The van der Waals surface area contributed by atoms with E-state index >= 15 is 0 Å². The van der Waals surface area contributed by atoms with Crippen molar-refractivity contribution in [2.45, 2.75) is 31.8 Å². The molecule has 0 saturated heterocycles. The van der Waals surface area contributed by atoms with Crippen molar-refractivity contribution >= 4 is 34.4 Å². The van der Waals surface area contributed by atoms with E-state index in [-0.39, 0.29) is 6.04 Å². The van der Waals surface area contributed by atoms with Gasteiger partial charge in [-0.3, -0.25) is 0 Å². The number of nitrogens with zero attached hydrogens (tertiary/aromatic N) is 6. The lowest BCUT2D eigenvalue weighted by atomic mass is 10.1. The molecule has 34 heavy (non-hydrogen) atoms. The number of anilines is 5. The molecule has 2 aliphatic heterocycles. The third-order valence-corrected chi connectivity index (χ3v) is 7.07. The van der Waals surface area contributed by atoms with E-state index in [0.717, 1.165) is 45.7 Å². The lowest BCUT2D eigenvalue weighted by Gasteiger charge is -2.43. The fraction of sp³-hybridized carbons (Fsp3) is 0.214. The largest absolute Gasteiger partial charge is 0.344 e. The number of hydrogen-bond donors (Lipinski definition) is 0. The van der Waals surface area contributed by atoms with Crippen molar-refractivity contribution in [1.82, 2.24) is 4.98 Å². The molecule has 0 bridgehead atoms. The predicted molar refractivity (Wildman–Crippen MR) is 138 cm³/mol. The SMILES string of the molecule is C=C1C(C)N(C2CC2)c2nc(N3C(=C)c4ccccc4N3c3ccc(C#N)cc3)ccc2N1C. The number of pyridine rings is 1. The number of nitriles is 1. The van der Waals surface area contributed by atoms with Gasteiger partial charge in [0.1, 0.15) is 0 Å². The quantitative estimate of drug-likeness (QED) is 0.505. The van der Waals surface area contributed by atoms with Crippen LogP contribution in [0.1, 0.15) is 30.9 Å². The van der Waals surface area contributed by atoms with Gasteiger partial charge < -0.3 is 9.80 Å². The first kappa shape index (κ1) is 20.4. The molecule has 1 fully saturated rings. The Bertz CT molecular complexity index is 1360. The van der Waals surface area contributed by atoms with Crippen LogP contribution < -0.4 is 19.8 Å². The molecule has 0 radical (unpaired) electrons. The fourth-order valence-corrected chi connectivity index (χ4v) is 5.04. The van der Waals surface area contributed by atoms with Crippen molar-refractivity contribution in [1.29, 1.82) is 5.26 Å². The monoisotopic (exact) mass is 446 g/mol. The van der Waals surface area contributed by atoms with Gasteiger partial charge in [0.05, 0.1) is 40.4 Å². The summed E-state index contributed by atoms with van der Waals surface area (Å²) in [6.45, 7) is 11.0. The normalized spacial score (nSPS) is 19.3. The average Bonchev–Trinajstić information content (AvgIpc) is 3.66. The Kier molecular flexibility index (Phi) is 4.43. The molecule has 0 amide bonds. The highest BCUT2D eigenvalue weighted by Crippen LogP contribution is 2.48. The van der Waals surface area contributed by atoms with Gasteiger partial charge in [-0.05, 0) is 62.2 Å². The van der Waals surface area contributed by atoms with Crippen molar-refractivity contribution in [2.75, 3.05) is 26.9 Å². The van der Waals surface area contributed by atoms with Gasteiger partial charge in [-0.15, -0.1) is 0 Å². The number of hydrazine groups is 1. The summed E-state index contributed by atoms with van der Waals surface area (Å²) in [5.41, 5.74) is 6.71. The summed E-state index contributed by atoms with van der Waals surface area (Å²) in [6.07, 6.45) is 2.37. The van der Waals surface area contributed by atoms with E-state index in [1.54, 1.807) is 0 Å². The van der Waals surface area contributed by atoms with Gasteiger partial charge in [0.25, 0.3) is 0 Å². The van der Waals surface area contributed by atoms with E-state index in [1.165, 1.54) is 12.8 Å². The molecule has 1 aliphatic carbocycles. The Morgan fingerprint density at radius 3 is 2.38 bits per heavy atom. The first-order valence-electron chi connectivity index (χ1n) is 11.6. The van der Waals surface area contributed by atoms with Gasteiger partial charge in [0.15, 0.2) is 11.6 Å². The maximum atomic E-state index is 9.26. The summed E-state index contributed by atoms with van der Waals surface area (Å²) in [6, 6.07) is 23.0. The first-order valence-corrected chi connectivity index (χ1v) is 11.6. The summed E-state index contributed by atoms with van der Waals surface area (Å²) < 4.78 is 0. The first-order chi connectivity index (χ1) is 16.5. The molecular formula is C28H26N6. The molecule has 6 heteroatoms. The maximum Gasteiger partial charge on any atom is 0.155 e. The lowest BCUT2D eigenvalue weighted by molar-refractivity contribution is 0.654. The molecule has 0 spiro atoms. The smallest absolute Gasteiger partial charge is 0.155 e. The van der Waals surface area contributed by atoms with E-state index in [4.69, 9.17) is 4.98 Å². The third kappa shape index (κ3) is 2.90. The number of likely N-dealkylation sites (N-methyl/N-ethyl adjacent to an activating group) is 1. The van der Waals surface area contributed by atoms with Crippen LogP contribution in [0.2, 0.25) is 0 Å². The van der Waals surface area contributed by atoms with E-state index in [1.807, 2.05) is 36.4 Å².